The van der Waals surface area contributed by atoms with Gasteiger partial charge in [0, 0.05) is 50.0 Å². The SMILES string of the molecule is O=C(c1ccc2nc[nH]c2c1)N1CCC(Oc2ccc(-n3cccn3)nn2)CC1. The van der Waals surface area contributed by atoms with Crippen LogP contribution < -0.4 is 4.74 Å². The van der Waals surface area contributed by atoms with Crippen molar-refractivity contribution in [1.29, 1.82) is 0 Å². The number of nitrogens with zero attached hydrogens (tertiary/aromatic N) is 6. The molecule has 146 valence electrons. The molecule has 0 saturated carbocycles. The first kappa shape index (κ1) is 17.4. The summed E-state index contributed by atoms with van der Waals surface area (Å²) in [5.41, 5.74) is 2.39. The van der Waals surface area contributed by atoms with Gasteiger partial charge in [-0.25, -0.2) is 9.67 Å². The molecule has 1 amide bonds. The number of likely N-dealkylation sites (tertiary alicyclic amines) is 1. The Balaban J connectivity index is 1.18. The molecule has 1 aromatic carbocycles. The van der Waals surface area contributed by atoms with Crippen LogP contribution in [0.3, 0.4) is 0 Å². The average Bonchev–Trinajstić information content (AvgIpc) is 3.46. The lowest BCUT2D eigenvalue weighted by Gasteiger charge is -2.31. The number of benzene rings is 1. The van der Waals surface area contributed by atoms with Crippen molar-refractivity contribution in [3.8, 4) is 11.7 Å². The predicted molar refractivity (Wildman–Crippen MR) is 105 cm³/mol. The number of amides is 1. The number of carbonyl (C=O) groups excluding carboxylic acids is 1. The van der Waals surface area contributed by atoms with E-state index in [1.54, 1.807) is 29.5 Å². The summed E-state index contributed by atoms with van der Waals surface area (Å²) in [4.78, 5) is 21.9. The van der Waals surface area contributed by atoms with E-state index in [1.807, 2.05) is 35.2 Å². The largest absolute Gasteiger partial charge is 0.473 e. The third kappa shape index (κ3) is 3.54. The fourth-order valence-corrected chi connectivity index (χ4v) is 3.50. The number of carbonyl (C=O) groups is 1. The van der Waals surface area contributed by atoms with Crippen molar-refractivity contribution in [3.63, 3.8) is 0 Å². The Kier molecular flexibility index (Phi) is 4.39. The molecule has 5 rings (SSSR count). The molecule has 1 saturated heterocycles. The number of aromatic nitrogens is 6. The number of H-pyrrole nitrogens is 1. The van der Waals surface area contributed by atoms with Crippen molar-refractivity contribution < 1.29 is 9.53 Å². The number of nitrogens with one attached hydrogen (secondary N) is 1. The molecule has 1 aliphatic rings. The fraction of sp³-hybridized carbons (Fsp3) is 0.250. The van der Waals surface area contributed by atoms with Gasteiger partial charge in [0.15, 0.2) is 5.82 Å². The zero-order chi connectivity index (χ0) is 19.6. The van der Waals surface area contributed by atoms with E-state index in [0.29, 0.717) is 30.4 Å². The van der Waals surface area contributed by atoms with Crippen LogP contribution in [0.25, 0.3) is 16.9 Å². The topological polar surface area (TPSA) is 102 Å². The molecule has 1 N–H and O–H groups in total. The summed E-state index contributed by atoms with van der Waals surface area (Å²) in [7, 11) is 0. The van der Waals surface area contributed by atoms with Crippen LogP contribution >= 0.6 is 0 Å². The highest BCUT2D eigenvalue weighted by atomic mass is 16.5. The van der Waals surface area contributed by atoms with Gasteiger partial charge in [-0.2, -0.15) is 5.10 Å². The van der Waals surface area contributed by atoms with E-state index < -0.39 is 0 Å². The number of piperidine rings is 1. The molecule has 0 aliphatic carbocycles. The van der Waals surface area contributed by atoms with E-state index in [4.69, 9.17) is 4.74 Å². The normalized spacial score (nSPS) is 15.0. The van der Waals surface area contributed by atoms with Gasteiger partial charge in [-0.05, 0) is 30.3 Å². The number of fused-ring (bicyclic) bond motifs is 1. The van der Waals surface area contributed by atoms with Crippen molar-refractivity contribution in [2.45, 2.75) is 18.9 Å². The summed E-state index contributed by atoms with van der Waals surface area (Å²) >= 11 is 0. The van der Waals surface area contributed by atoms with E-state index in [0.717, 1.165) is 23.9 Å². The van der Waals surface area contributed by atoms with Crippen LogP contribution in [0.15, 0.2) is 55.1 Å². The zero-order valence-corrected chi connectivity index (χ0v) is 15.6. The predicted octanol–water partition coefficient (Wildman–Crippen LogP) is 2.22. The highest BCUT2D eigenvalue weighted by Gasteiger charge is 2.25. The second-order valence-corrected chi connectivity index (χ2v) is 6.92. The summed E-state index contributed by atoms with van der Waals surface area (Å²) < 4.78 is 7.59. The molecule has 0 spiro atoms. The summed E-state index contributed by atoms with van der Waals surface area (Å²) in [5, 5.41) is 12.4. The highest BCUT2D eigenvalue weighted by Crippen LogP contribution is 2.20. The second kappa shape index (κ2) is 7.34. The van der Waals surface area contributed by atoms with Crippen molar-refractivity contribution in [2.75, 3.05) is 13.1 Å². The molecule has 4 aromatic rings. The summed E-state index contributed by atoms with van der Waals surface area (Å²) in [6, 6.07) is 11.0. The molecule has 9 nitrogen and oxygen atoms in total. The number of aromatic amines is 1. The lowest BCUT2D eigenvalue weighted by atomic mass is 10.1. The molecule has 3 aromatic heterocycles. The Bertz CT molecular complexity index is 1110. The quantitative estimate of drug-likeness (QED) is 0.574. The lowest BCUT2D eigenvalue weighted by Crippen LogP contribution is -2.41. The number of hydrogen-bond acceptors (Lipinski definition) is 6. The van der Waals surface area contributed by atoms with Gasteiger partial charge in [-0.3, -0.25) is 4.79 Å². The Hall–Kier alpha value is -3.75. The molecular formula is C20H19N7O2. The third-order valence-electron chi connectivity index (χ3n) is 5.05. The molecule has 0 radical (unpaired) electrons. The van der Waals surface area contributed by atoms with Crippen molar-refractivity contribution in [1.82, 2.24) is 34.8 Å². The molecule has 1 fully saturated rings. The number of ether oxygens (including phenoxy) is 1. The molecule has 0 unspecified atom stereocenters. The summed E-state index contributed by atoms with van der Waals surface area (Å²) in [6.45, 7) is 1.28. The van der Waals surface area contributed by atoms with Gasteiger partial charge in [0.1, 0.15) is 6.10 Å². The Morgan fingerprint density at radius 1 is 1.14 bits per heavy atom. The molecule has 4 heterocycles. The minimum atomic E-state index is 0.0130. The monoisotopic (exact) mass is 389 g/mol. The van der Waals surface area contributed by atoms with Crippen LogP contribution in [-0.4, -0.2) is 59.9 Å². The lowest BCUT2D eigenvalue weighted by molar-refractivity contribution is 0.0586. The maximum absolute atomic E-state index is 12.8. The molecule has 1 aliphatic heterocycles. The first-order chi connectivity index (χ1) is 14.3. The van der Waals surface area contributed by atoms with E-state index >= 15 is 0 Å². The van der Waals surface area contributed by atoms with E-state index in [-0.39, 0.29) is 12.0 Å². The highest BCUT2D eigenvalue weighted by molar-refractivity contribution is 5.97. The minimum absolute atomic E-state index is 0.0130. The average molecular weight is 389 g/mol. The van der Waals surface area contributed by atoms with Crippen molar-refractivity contribution in [2.24, 2.45) is 0 Å². The second-order valence-electron chi connectivity index (χ2n) is 6.92. The number of hydrogen-bond donors (Lipinski definition) is 1. The van der Waals surface area contributed by atoms with Gasteiger partial charge in [-0.1, -0.05) is 0 Å². The van der Waals surface area contributed by atoms with Gasteiger partial charge >= 0.3 is 0 Å². The summed E-state index contributed by atoms with van der Waals surface area (Å²) in [5.74, 6) is 1.15. The van der Waals surface area contributed by atoms with E-state index in [2.05, 4.69) is 25.3 Å². The summed E-state index contributed by atoms with van der Waals surface area (Å²) in [6.07, 6.45) is 6.64. The third-order valence-corrected chi connectivity index (χ3v) is 5.05. The zero-order valence-electron chi connectivity index (χ0n) is 15.6. The molecule has 0 bridgehead atoms. The van der Waals surface area contributed by atoms with Crippen molar-refractivity contribution >= 4 is 16.9 Å². The Morgan fingerprint density at radius 3 is 2.79 bits per heavy atom. The van der Waals surface area contributed by atoms with Crippen LogP contribution in [0.1, 0.15) is 23.2 Å². The van der Waals surface area contributed by atoms with E-state index in [1.165, 1.54) is 0 Å². The van der Waals surface area contributed by atoms with Gasteiger partial charge < -0.3 is 14.6 Å². The first-order valence-corrected chi connectivity index (χ1v) is 9.49. The van der Waals surface area contributed by atoms with Gasteiger partial charge in [0.2, 0.25) is 5.88 Å². The number of imidazole rings is 1. The van der Waals surface area contributed by atoms with E-state index in [9.17, 15) is 4.79 Å². The minimum Gasteiger partial charge on any atom is -0.473 e. The van der Waals surface area contributed by atoms with Crippen LogP contribution in [0, 0.1) is 0 Å². The van der Waals surface area contributed by atoms with Crippen molar-refractivity contribution in [3.05, 3.63) is 60.7 Å². The van der Waals surface area contributed by atoms with Crippen LogP contribution in [0.2, 0.25) is 0 Å². The van der Waals surface area contributed by atoms with Gasteiger partial charge in [-0.15, -0.1) is 10.2 Å². The maximum Gasteiger partial charge on any atom is 0.253 e. The van der Waals surface area contributed by atoms with Crippen LogP contribution in [0.4, 0.5) is 0 Å². The molecular weight excluding hydrogens is 370 g/mol. The Labute approximate surface area is 166 Å². The molecule has 0 atom stereocenters. The number of rotatable bonds is 4. The van der Waals surface area contributed by atoms with Gasteiger partial charge in [0.05, 0.1) is 17.4 Å². The first-order valence-electron chi connectivity index (χ1n) is 9.49. The molecule has 29 heavy (non-hydrogen) atoms. The van der Waals surface area contributed by atoms with Crippen LogP contribution in [0.5, 0.6) is 5.88 Å². The smallest absolute Gasteiger partial charge is 0.253 e. The Morgan fingerprint density at radius 2 is 2.03 bits per heavy atom. The molecule has 9 heteroatoms. The standard InChI is InChI=1S/C20H19N7O2/c28-20(14-2-3-16-17(12-14)22-13-21-16)26-10-6-15(7-11-26)29-19-5-4-18(24-25-19)27-9-1-8-23-27/h1-5,8-9,12-13,15H,6-7,10-11H2,(H,21,22). The maximum atomic E-state index is 12.8. The van der Waals surface area contributed by atoms with Crippen LogP contribution in [-0.2, 0) is 0 Å². The van der Waals surface area contributed by atoms with Gasteiger partial charge in [0.25, 0.3) is 5.91 Å². The fourth-order valence-electron chi connectivity index (χ4n) is 3.50.